The SMILES string of the molecule is C=C1CCC(C(C)C)/C=C/C(C)(O)C/C=C/C2(C)CCC1O2. The largest absolute Gasteiger partial charge is 0.386 e. The van der Waals surface area contributed by atoms with Crippen LogP contribution in [0.3, 0.4) is 0 Å². The van der Waals surface area contributed by atoms with Gasteiger partial charge >= 0.3 is 0 Å². The second kappa shape index (κ2) is 6.72. The molecule has 0 saturated carbocycles. The van der Waals surface area contributed by atoms with Crippen molar-refractivity contribution in [2.24, 2.45) is 11.8 Å². The molecule has 2 bridgehead atoms. The van der Waals surface area contributed by atoms with Gasteiger partial charge in [0.25, 0.3) is 0 Å². The Balaban J connectivity index is 2.22. The molecule has 1 saturated heterocycles. The Bertz CT molecular complexity index is 458. The maximum atomic E-state index is 10.5. The summed E-state index contributed by atoms with van der Waals surface area (Å²) in [5.41, 5.74) is 0.226. The van der Waals surface area contributed by atoms with Gasteiger partial charge in [-0.1, -0.05) is 44.7 Å². The summed E-state index contributed by atoms with van der Waals surface area (Å²) >= 11 is 0. The van der Waals surface area contributed by atoms with Gasteiger partial charge < -0.3 is 9.84 Å². The van der Waals surface area contributed by atoms with Gasteiger partial charge in [-0.25, -0.2) is 0 Å². The van der Waals surface area contributed by atoms with Crippen LogP contribution in [-0.2, 0) is 4.74 Å². The second-order valence-corrected chi connectivity index (χ2v) is 7.89. The fourth-order valence-electron chi connectivity index (χ4n) is 3.38. The van der Waals surface area contributed by atoms with Crippen LogP contribution in [0.2, 0.25) is 0 Å². The molecule has 4 unspecified atom stereocenters. The first-order chi connectivity index (χ1) is 10.2. The third-order valence-corrected chi connectivity index (χ3v) is 5.13. The van der Waals surface area contributed by atoms with E-state index in [4.69, 9.17) is 4.74 Å². The summed E-state index contributed by atoms with van der Waals surface area (Å²) in [5, 5.41) is 10.5. The third-order valence-electron chi connectivity index (χ3n) is 5.13. The molecule has 0 aromatic carbocycles. The number of hydrogen-bond donors (Lipinski definition) is 1. The van der Waals surface area contributed by atoms with Gasteiger partial charge in [0.15, 0.2) is 0 Å². The van der Waals surface area contributed by atoms with E-state index in [1.54, 1.807) is 0 Å². The molecule has 2 nitrogen and oxygen atoms in total. The Labute approximate surface area is 136 Å². The average molecular weight is 304 g/mol. The summed E-state index contributed by atoms with van der Waals surface area (Å²) in [6, 6.07) is 0. The van der Waals surface area contributed by atoms with Gasteiger partial charge in [0, 0.05) is 0 Å². The van der Waals surface area contributed by atoms with E-state index in [1.807, 2.05) is 13.0 Å². The molecule has 1 N–H and O–H groups in total. The smallest absolute Gasteiger partial charge is 0.0843 e. The molecule has 0 amide bonds. The van der Waals surface area contributed by atoms with Crippen LogP contribution in [0.5, 0.6) is 0 Å². The van der Waals surface area contributed by atoms with E-state index in [0.29, 0.717) is 18.3 Å². The number of ether oxygens (including phenoxy) is 1. The van der Waals surface area contributed by atoms with Crippen molar-refractivity contribution in [3.05, 3.63) is 36.5 Å². The van der Waals surface area contributed by atoms with E-state index in [9.17, 15) is 5.11 Å². The molecule has 2 heterocycles. The molecule has 0 spiro atoms. The van der Waals surface area contributed by atoms with Crippen LogP contribution in [0.1, 0.15) is 59.8 Å². The minimum Gasteiger partial charge on any atom is -0.386 e. The highest BCUT2D eigenvalue weighted by Crippen LogP contribution is 2.37. The number of rotatable bonds is 1. The van der Waals surface area contributed by atoms with Crippen LogP contribution in [0.25, 0.3) is 0 Å². The van der Waals surface area contributed by atoms with E-state index in [0.717, 1.165) is 25.7 Å². The number of allylic oxidation sites excluding steroid dienone is 1. The van der Waals surface area contributed by atoms with Crippen LogP contribution in [-0.4, -0.2) is 22.4 Å². The maximum absolute atomic E-state index is 10.5. The Morgan fingerprint density at radius 3 is 2.68 bits per heavy atom. The van der Waals surface area contributed by atoms with Crippen LogP contribution >= 0.6 is 0 Å². The Hall–Kier alpha value is -0.860. The van der Waals surface area contributed by atoms with Gasteiger partial charge in [-0.2, -0.15) is 0 Å². The van der Waals surface area contributed by atoms with Crippen LogP contribution in [0.15, 0.2) is 36.5 Å². The lowest BCUT2D eigenvalue weighted by Crippen LogP contribution is -2.24. The van der Waals surface area contributed by atoms with Crippen molar-refractivity contribution in [1.29, 1.82) is 0 Å². The van der Waals surface area contributed by atoms with Crippen molar-refractivity contribution in [2.75, 3.05) is 0 Å². The number of aliphatic hydroxyl groups is 1. The van der Waals surface area contributed by atoms with Gasteiger partial charge in [0.1, 0.15) is 0 Å². The van der Waals surface area contributed by atoms with Crippen molar-refractivity contribution < 1.29 is 9.84 Å². The molecule has 2 rings (SSSR count). The molecule has 2 aliphatic rings. The maximum Gasteiger partial charge on any atom is 0.0843 e. The van der Waals surface area contributed by atoms with E-state index < -0.39 is 5.60 Å². The van der Waals surface area contributed by atoms with Crippen LogP contribution in [0, 0.1) is 11.8 Å². The van der Waals surface area contributed by atoms with E-state index in [1.165, 1.54) is 5.57 Å². The first-order valence-electron chi connectivity index (χ1n) is 8.66. The summed E-state index contributed by atoms with van der Waals surface area (Å²) in [5.74, 6) is 1.04. The van der Waals surface area contributed by atoms with Gasteiger partial charge in [0.05, 0.1) is 17.3 Å². The van der Waals surface area contributed by atoms with Crippen LogP contribution in [0.4, 0.5) is 0 Å². The third kappa shape index (κ3) is 4.57. The first-order valence-corrected chi connectivity index (χ1v) is 8.66. The Kier molecular flexibility index (Phi) is 5.34. The standard InChI is InChI=1S/C20H32O2/c1-15(2)17-8-7-16(3)18-10-14-20(5,22-18)12-6-11-19(4,21)13-9-17/h6,9,12-13,15,17-18,21H,3,7-8,10-11,14H2,1-2,4-5H3/b12-6+,13-9+. The second-order valence-electron chi connectivity index (χ2n) is 7.89. The van der Waals surface area contributed by atoms with Crippen molar-refractivity contribution in [1.82, 2.24) is 0 Å². The zero-order chi connectivity index (χ0) is 16.4. The van der Waals surface area contributed by atoms with Gasteiger partial charge in [0.2, 0.25) is 0 Å². The quantitative estimate of drug-likeness (QED) is 0.705. The predicted octanol–water partition coefficient (Wildman–Crippen LogP) is 4.80. The minimum absolute atomic E-state index is 0.188. The molecule has 0 aromatic heterocycles. The minimum atomic E-state index is -0.789. The summed E-state index contributed by atoms with van der Waals surface area (Å²) in [6.45, 7) is 12.8. The fourth-order valence-corrected chi connectivity index (χ4v) is 3.38. The van der Waals surface area contributed by atoms with Gasteiger partial charge in [-0.05, 0) is 63.4 Å². The van der Waals surface area contributed by atoms with Gasteiger partial charge in [-0.3, -0.25) is 0 Å². The van der Waals surface area contributed by atoms with Crippen molar-refractivity contribution in [3.8, 4) is 0 Å². The normalized spacial score (nSPS) is 43.3. The molecule has 2 heteroatoms. The highest BCUT2D eigenvalue weighted by Gasteiger charge is 2.35. The molecule has 2 aliphatic heterocycles. The predicted molar refractivity (Wildman–Crippen MR) is 92.7 cm³/mol. The Morgan fingerprint density at radius 2 is 2.00 bits per heavy atom. The molecular weight excluding hydrogens is 272 g/mol. The molecular formula is C20H32O2. The molecule has 0 aromatic rings. The van der Waals surface area contributed by atoms with E-state index >= 15 is 0 Å². The first kappa shape index (κ1) is 17.5. The monoisotopic (exact) mass is 304 g/mol. The summed E-state index contributed by atoms with van der Waals surface area (Å²) in [6.07, 6.45) is 13.3. The lowest BCUT2D eigenvalue weighted by Gasteiger charge is -2.23. The number of fused-ring (bicyclic) bond motifs is 2. The number of hydrogen-bond acceptors (Lipinski definition) is 2. The van der Waals surface area contributed by atoms with Crippen molar-refractivity contribution >= 4 is 0 Å². The molecule has 22 heavy (non-hydrogen) atoms. The molecule has 1 fully saturated rings. The molecule has 0 aliphatic carbocycles. The van der Waals surface area contributed by atoms with Crippen molar-refractivity contribution in [3.63, 3.8) is 0 Å². The highest BCUT2D eigenvalue weighted by molar-refractivity contribution is 5.14. The molecule has 0 radical (unpaired) electrons. The Morgan fingerprint density at radius 1 is 1.27 bits per heavy atom. The average Bonchev–Trinajstić information content (AvgIpc) is 2.79. The summed E-state index contributed by atoms with van der Waals surface area (Å²) in [4.78, 5) is 0. The zero-order valence-electron chi connectivity index (χ0n) is 14.6. The van der Waals surface area contributed by atoms with Gasteiger partial charge in [-0.15, -0.1) is 0 Å². The van der Waals surface area contributed by atoms with E-state index in [-0.39, 0.29) is 11.7 Å². The molecule has 4 atom stereocenters. The summed E-state index contributed by atoms with van der Waals surface area (Å²) < 4.78 is 6.25. The fraction of sp³-hybridized carbons (Fsp3) is 0.700. The van der Waals surface area contributed by atoms with Crippen molar-refractivity contribution in [2.45, 2.75) is 77.1 Å². The van der Waals surface area contributed by atoms with E-state index in [2.05, 4.69) is 45.6 Å². The summed E-state index contributed by atoms with van der Waals surface area (Å²) in [7, 11) is 0. The zero-order valence-corrected chi connectivity index (χ0v) is 14.6. The van der Waals surface area contributed by atoms with Crippen LogP contribution < -0.4 is 0 Å². The topological polar surface area (TPSA) is 29.5 Å². The lowest BCUT2D eigenvalue weighted by atomic mass is 9.86. The highest BCUT2D eigenvalue weighted by atomic mass is 16.5. The molecule has 124 valence electrons. The lowest BCUT2D eigenvalue weighted by molar-refractivity contribution is 0.0200.